The van der Waals surface area contributed by atoms with Crippen LogP contribution in [0.1, 0.15) is 31.2 Å². The fraction of sp³-hybridized carbons (Fsp3) is 0.500. The second kappa shape index (κ2) is 5.64. The van der Waals surface area contributed by atoms with Gasteiger partial charge in [-0.3, -0.25) is 0 Å². The summed E-state index contributed by atoms with van der Waals surface area (Å²) in [7, 11) is 3.10. The molecule has 0 radical (unpaired) electrons. The first-order valence-electron chi connectivity index (χ1n) is 6.18. The van der Waals surface area contributed by atoms with Crippen LogP contribution < -0.4 is 9.47 Å². The Morgan fingerprint density at radius 3 is 2.47 bits per heavy atom. The van der Waals surface area contributed by atoms with Crippen LogP contribution in [-0.4, -0.2) is 20.3 Å². The molecule has 0 unspecified atom stereocenters. The molecule has 4 nitrogen and oxygen atoms in total. The monoisotopic (exact) mass is 281 g/mol. The van der Waals surface area contributed by atoms with Crippen LogP contribution in [0.25, 0.3) is 0 Å². The van der Waals surface area contributed by atoms with Gasteiger partial charge in [-0.05, 0) is 18.9 Å². The molecule has 0 spiro atoms. The van der Waals surface area contributed by atoms with E-state index in [1.807, 2.05) is 6.07 Å². The second-order valence-electron chi connectivity index (χ2n) is 4.60. The number of carbonyl (C=O) groups excluding carboxylic acids is 1. The lowest BCUT2D eigenvalue weighted by Gasteiger charge is -2.25. The highest BCUT2D eigenvalue weighted by Crippen LogP contribution is 2.49. The average Bonchev–Trinajstić information content (AvgIpc) is 2.88. The number of aliphatic imine (C=N–C) groups is 1. The lowest BCUT2D eigenvalue weighted by Crippen LogP contribution is -2.19. The molecule has 0 aliphatic heterocycles. The van der Waals surface area contributed by atoms with Gasteiger partial charge in [0.05, 0.1) is 24.8 Å². The summed E-state index contributed by atoms with van der Waals surface area (Å²) >= 11 is 6.40. The smallest absolute Gasteiger partial charge is 0.235 e. The molecule has 1 saturated carbocycles. The molecule has 1 aliphatic carbocycles. The van der Waals surface area contributed by atoms with Gasteiger partial charge in [-0.15, -0.1) is 0 Å². The minimum atomic E-state index is -0.557. The van der Waals surface area contributed by atoms with Crippen LogP contribution in [0, 0.1) is 0 Å². The molecule has 0 atom stereocenters. The number of benzene rings is 1. The standard InChI is InChI=1S/C14H16ClNO3/c1-18-11-6-5-10(12(15)13(11)19-2)14(16-9-17)7-3-4-8-14/h5-6H,3-4,7-8H2,1-2H3. The number of hydrogen-bond acceptors (Lipinski definition) is 4. The predicted octanol–water partition coefficient (Wildman–Crippen LogP) is 3.46. The molecule has 1 aromatic carbocycles. The van der Waals surface area contributed by atoms with E-state index in [-0.39, 0.29) is 0 Å². The van der Waals surface area contributed by atoms with E-state index in [0.29, 0.717) is 16.5 Å². The normalized spacial score (nSPS) is 16.8. The summed E-state index contributed by atoms with van der Waals surface area (Å²) in [6.07, 6.45) is 5.34. The molecular formula is C14H16ClNO3. The van der Waals surface area contributed by atoms with Crippen molar-refractivity contribution in [3.8, 4) is 11.5 Å². The van der Waals surface area contributed by atoms with E-state index >= 15 is 0 Å². The van der Waals surface area contributed by atoms with E-state index in [9.17, 15) is 4.79 Å². The molecule has 5 heteroatoms. The van der Waals surface area contributed by atoms with Gasteiger partial charge in [-0.1, -0.05) is 30.5 Å². The van der Waals surface area contributed by atoms with Crippen LogP contribution in [0.4, 0.5) is 0 Å². The summed E-state index contributed by atoms with van der Waals surface area (Å²) in [5, 5.41) is 0.461. The Balaban J connectivity index is 2.58. The van der Waals surface area contributed by atoms with Crippen molar-refractivity contribution in [3.05, 3.63) is 22.7 Å². The summed E-state index contributed by atoms with van der Waals surface area (Å²) < 4.78 is 10.5. The summed E-state index contributed by atoms with van der Waals surface area (Å²) in [5.41, 5.74) is 0.255. The lowest BCUT2D eigenvalue weighted by molar-refractivity contribution is 0.352. The lowest BCUT2D eigenvalue weighted by atomic mass is 9.88. The number of hydrogen-bond donors (Lipinski definition) is 0. The average molecular weight is 282 g/mol. The topological polar surface area (TPSA) is 47.9 Å². The van der Waals surface area contributed by atoms with Gasteiger partial charge in [0, 0.05) is 5.56 Å². The summed E-state index contributed by atoms with van der Waals surface area (Å²) in [6.45, 7) is 0. The van der Waals surface area contributed by atoms with Crippen molar-refractivity contribution in [2.45, 2.75) is 31.2 Å². The molecule has 0 bridgehead atoms. The third-order valence-electron chi connectivity index (χ3n) is 3.68. The first-order chi connectivity index (χ1) is 9.18. The number of isocyanates is 1. The largest absolute Gasteiger partial charge is 0.493 e. The number of halogens is 1. The molecule has 19 heavy (non-hydrogen) atoms. The van der Waals surface area contributed by atoms with E-state index in [4.69, 9.17) is 21.1 Å². The van der Waals surface area contributed by atoms with Crippen molar-refractivity contribution in [3.63, 3.8) is 0 Å². The summed E-state index contributed by atoms with van der Waals surface area (Å²) in [6, 6.07) is 3.65. The Morgan fingerprint density at radius 2 is 1.95 bits per heavy atom. The first-order valence-corrected chi connectivity index (χ1v) is 6.56. The quantitative estimate of drug-likeness (QED) is 0.627. The predicted molar refractivity (Wildman–Crippen MR) is 72.8 cm³/mol. The molecule has 1 fully saturated rings. The third-order valence-corrected chi connectivity index (χ3v) is 4.05. The first kappa shape index (κ1) is 13.9. The zero-order chi connectivity index (χ0) is 13.9. The molecule has 0 saturated heterocycles. The van der Waals surface area contributed by atoms with Crippen molar-refractivity contribution >= 4 is 17.7 Å². The van der Waals surface area contributed by atoms with E-state index in [0.717, 1.165) is 31.2 Å². The van der Waals surface area contributed by atoms with Crippen LogP contribution in [0.2, 0.25) is 5.02 Å². The van der Waals surface area contributed by atoms with Crippen LogP contribution >= 0.6 is 11.6 Å². The molecule has 1 aliphatic rings. The number of ether oxygens (including phenoxy) is 2. The molecule has 2 rings (SSSR count). The van der Waals surface area contributed by atoms with Crippen molar-refractivity contribution in [1.82, 2.24) is 0 Å². The van der Waals surface area contributed by atoms with Crippen molar-refractivity contribution in [2.24, 2.45) is 4.99 Å². The maximum absolute atomic E-state index is 10.7. The molecule has 0 amide bonds. The van der Waals surface area contributed by atoms with Gasteiger partial charge in [0.25, 0.3) is 0 Å². The molecule has 1 aromatic rings. The van der Waals surface area contributed by atoms with Gasteiger partial charge in [0.1, 0.15) is 0 Å². The van der Waals surface area contributed by atoms with E-state index in [2.05, 4.69) is 4.99 Å². The fourth-order valence-corrected chi connectivity index (χ4v) is 3.15. The van der Waals surface area contributed by atoms with Gasteiger partial charge >= 0.3 is 0 Å². The van der Waals surface area contributed by atoms with Crippen molar-refractivity contribution < 1.29 is 14.3 Å². The zero-order valence-corrected chi connectivity index (χ0v) is 11.8. The number of nitrogens with zero attached hydrogens (tertiary/aromatic N) is 1. The molecular weight excluding hydrogens is 266 g/mol. The van der Waals surface area contributed by atoms with E-state index in [1.54, 1.807) is 19.3 Å². The molecule has 102 valence electrons. The van der Waals surface area contributed by atoms with Crippen molar-refractivity contribution in [1.29, 1.82) is 0 Å². The van der Waals surface area contributed by atoms with Crippen molar-refractivity contribution in [2.75, 3.05) is 14.2 Å². The van der Waals surface area contributed by atoms with Gasteiger partial charge < -0.3 is 9.47 Å². The van der Waals surface area contributed by atoms with Gasteiger partial charge in [-0.2, -0.15) is 4.99 Å². The van der Waals surface area contributed by atoms with Crippen LogP contribution in [-0.2, 0) is 10.3 Å². The number of methoxy groups -OCH3 is 2. The van der Waals surface area contributed by atoms with Crippen LogP contribution in [0.15, 0.2) is 17.1 Å². The maximum atomic E-state index is 10.7. The maximum Gasteiger partial charge on any atom is 0.235 e. The Hall–Kier alpha value is -1.51. The van der Waals surface area contributed by atoms with Gasteiger partial charge in [-0.25, -0.2) is 4.79 Å². The SMILES string of the molecule is COc1ccc(C2(N=C=O)CCCC2)c(Cl)c1OC. The Labute approximate surface area is 117 Å². The highest BCUT2D eigenvalue weighted by atomic mass is 35.5. The molecule has 0 N–H and O–H groups in total. The highest BCUT2D eigenvalue weighted by Gasteiger charge is 2.38. The fourth-order valence-electron chi connectivity index (χ4n) is 2.74. The zero-order valence-electron chi connectivity index (χ0n) is 11.0. The van der Waals surface area contributed by atoms with Crippen LogP contribution in [0.3, 0.4) is 0 Å². The summed E-state index contributed by atoms with van der Waals surface area (Å²) in [4.78, 5) is 14.8. The Bertz CT molecular complexity index is 518. The third kappa shape index (κ3) is 2.34. The molecule has 0 aromatic heterocycles. The van der Waals surface area contributed by atoms with E-state index < -0.39 is 5.54 Å². The highest BCUT2D eigenvalue weighted by molar-refractivity contribution is 6.33. The van der Waals surface area contributed by atoms with Gasteiger partial charge in [0.2, 0.25) is 6.08 Å². The molecule has 0 heterocycles. The minimum absolute atomic E-state index is 0.461. The summed E-state index contributed by atoms with van der Waals surface area (Å²) in [5.74, 6) is 1.05. The second-order valence-corrected chi connectivity index (χ2v) is 4.98. The minimum Gasteiger partial charge on any atom is -0.493 e. The Kier molecular flexibility index (Phi) is 4.13. The van der Waals surface area contributed by atoms with Crippen LogP contribution in [0.5, 0.6) is 11.5 Å². The number of rotatable bonds is 4. The van der Waals surface area contributed by atoms with Gasteiger partial charge in [0.15, 0.2) is 11.5 Å². The Morgan fingerprint density at radius 1 is 1.26 bits per heavy atom. The van der Waals surface area contributed by atoms with E-state index in [1.165, 1.54) is 7.11 Å².